The van der Waals surface area contributed by atoms with E-state index < -0.39 is 0 Å². The largest absolute Gasteiger partial charge is 0.396 e. The lowest BCUT2D eigenvalue weighted by Crippen LogP contribution is -2.41. The van der Waals surface area contributed by atoms with Crippen LogP contribution >= 0.6 is 0 Å². The van der Waals surface area contributed by atoms with Crippen molar-refractivity contribution < 1.29 is 9.90 Å². The molecule has 2 aromatic heterocycles. The van der Waals surface area contributed by atoms with Gasteiger partial charge in [0.05, 0.1) is 11.6 Å². The highest BCUT2D eigenvalue weighted by Gasteiger charge is 2.34. The van der Waals surface area contributed by atoms with E-state index in [4.69, 9.17) is 0 Å². The van der Waals surface area contributed by atoms with Crippen molar-refractivity contribution in [3.63, 3.8) is 0 Å². The molecule has 0 spiro atoms. The summed E-state index contributed by atoms with van der Waals surface area (Å²) in [6.45, 7) is 3.16. The molecule has 0 bridgehead atoms. The lowest BCUT2D eigenvalue weighted by atomic mass is 10.0. The Morgan fingerprint density at radius 1 is 1.39 bits per heavy atom. The normalized spacial score (nSPS) is 20.5. The molecule has 1 aliphatic rings. The Kier molecular flexibility index (Phi) is 4.47. The predicted molar refractivity (Wildman–Crippen MR) is 85.0 cm³/mol. The molecule has 7 heteroatoms. The van der Waals surface area contributed by atoms with Gasteiger partial charge in [0.1, 0.15) is 12.1 Å². The number of rotatable bonds is 4. The molecule has 0 unspecified atom stereocenters. The molecule has 23 heavy (non-hydrogen) atoms. The number of anilines is 1. The molecule has 1 fully saturated rings. The van der Waals surface area contributed by atoms with Crippen molar-refractivity contribution in [3.8, 4) is 0 Å². The second kappa shape index (κ2) is 6.70. The molecule has 120 valence electrons. The molecule has 2 atom stereocenters. The lowest BCUT2D eigenvalue weighted by Gasteiger charge is -2.18. The third kappa shape index (κ3) is 3.45. The average Bonchev–Trinajstić information content (AvgIpc) is 2.98. The number of aryl methyl sites for hydroxylation is 1. The van der Waals surface area contributed by atoms with Gasteiger partial charge in [-0.05, 0) is 24.6 Å². The van der Waals surface area contributed by atoms with Gasteiger partial charge in [-0.1, -0.05) is 0 Å². The van der Waals surface area contributed by atoms with Gasteiger partial charge >= 0.3 is 0 Å². The van der Waals surface area contributed by atoms with E-state index in [1.807, 2.05) is 17.9 Å². The Labute approximate surface area is 134 Å². The molecule has 1 aliphatic heterocycles. The van der Waals surface area contributed by atoms with Crippen molar-refractivity contribution in [2.75, 3.05) is 24.6 Å². The molecule has 7 nitrogen and oxygen atoms in total. The summed E-state index contributed by atoms with van der Waals surface area (Å²) in [5, 5.41) is 12.6. The summed E-state index contributed by atoms with van der Waals surface area (Å²) >= 11 is 0. The van der Waals surface area contributed by atoms with Crippen LogP contribution in [0.5, 0.6) is 0 Å². The summed E-state index contributed by atoms with van der Waals surface area (Å²) in [4.78, 5) is 26.6. The van der Waals surface area contributed by atoms with E-state index in [1.165, 1.54) is 6.33 Å². The van der Waals surface area contributed by atoms with Crippen LogP contribution in [0.15, 0.2) is 37.1 Å². The molecule has 1 saturated heterocycles. The van der Waals surface area contributed by atoms with E-state index in [1.54, 1.807) is 24.7 Å². The number of amides is 1. The van der Waals surface area contributed by atoms with Crippen LogP contribution < -0.4 is 10.2 Å². The summed E-state index contributed by atoms with van der Waals surface area (Å²) in [7, 11) is 0. The van der Waals surface area contributed by atoms with Gasteiger partial charge in [0.2, 0.25) is 0 Å². The van der Waals surface area contributed by atoms with Crippen molar-refractivity contribution in [2.45, 2.75) is 13.0 Å². The Hall–Kier alpha value is -2.54. The standard InChI is InChI=1S/C16H19N5O2/c1-11-4-12(6-18-5-11)16(23)20-14-8-21(7-13(14)9-22)15-2-3-17-10-19-15/h2-6,10,13-14,22H,7-9H2,1H3,(H,20,23)/t13-,14+/m0/s1. The second-order valence-corrected chi connectivity index (χ2v) is 5.75. The number of pyridine rings is 1. The number of nitrogens with one attached hydrogen (secondary N) is 1. The molecule has 2 N–H and O–H groups in total. The van der Waals surface area contributed by atoms with Gasteiger partial charge in [0, 0.05) is 44.2 Å². The molecule has 1 amide bonds. The number of carbonyl (C=O) groups is 1. The lowest BCUT2D eigenvalue weighted by molar-refractivity contribution is 0.0921. The van der Waals surface area contributed by atoms with Crippen LogP contribution in [0.2, 0.25) is 0 Å². The fraction of sp³-hybridized carbons (Fsp3) is 0.375. The Balaban J connectivity index is 1.70. The van der Waals surface area contributed by atoms with Crippen molar-refractivity contribution in [3.05, 3.63) is 48.2 Å². The minimum atomic E-state index is -0.172. The summed E-state index contributed by atoms with van der Waals surface area (Å²) in [6.07, 6.45) is 6.43. The van der Waals surface area contributed by atoms with Crippen LogP contribution in [-0.4, -0.2) is 51.7 Å². The Morgan fingerprint density at radius 2 is 2.26 bits per heavy atom. The van der Waals surface area contributed by atoms with Crippen LogP contribution in [0, 0.1) is 12.8 Å². The van der Waals surface area contributed by atoms with Crippen LogP contribution in [0.3, 0.4) is 0 Å². The predicted octanol–water partition coefficient (Wildman–Crippen LogP) is 0.407. The van der Waals surface area contributed by atoms with Crippen LogP contribution in [0.25, 0.3) is 0 Å². The van der Waals surface area contributed by atoms with Crippen molar-refractivity contribution in [2.24, 2.45) is 5.92 Å². The van der Waals surface area contributed by atoms with E-state index in [9.17, 15) is 9.90 Å². The molecule has 0 aromatic carbocycles. The fourth-order valence-corrected chi connectivity index (χ4v) is 2.81. The smallest absolute Gasteiger partial charge is 0.253 e. The van der Waals surface area contributed by atoms with Gasteiger partial charge in [0.15, 0.2) is 0 Å². The zero-order chi connectivity index (χ0) is 16.2. The summed E-state index contributed by atoms with van der Waals surface area (Å²) in [5.74, 6) is 0.591. The minimum absolute atomic E-state index is 0.0125. The number of aliphatic hydroxyl groups excluding tert-OH is 1. The maximum atomic E-state index is 12.4. The van der Waals surface area contributed by atoms with Crippen LogP contribution in [0.1, 0.15) is 15.9 Å². The number of aliphatic hydroxyl groups is 1. The molecular formula is C16H19N5O2. The van der Waals surface area contributed by atoms with Gasteiger partial charge in [-0.25, -0.2) is 9.97 Å². The SMILES string of the molecule is Cc1cncc(C(=O)N[C@@H]2CN(c3ccncn3)C[C@H]2CO)c1. The van der Waals surface area contributed by atoms with Crippen molar-refractivity contribution in [1.82, 2.24) is 20.3 Å². The number of hydrogen-bond donors (Lipinski definition) is 2. The number of hydrogen-bond acceptors (Lipinski definition) is 6. The number of nitrogens with zero attached hydrogens (tertiary/aromatic N) is 4. The summed E-state index contributed by atoms with van der Waals surface area (Å²) in [6, 6.07) is 3.49. The highest BCUT2D eigenvalue weighted by atomic mass is 16.3. The van der Waals surface area contributed by atoms with Gasteiger partial charge in [-0.15, -0.1) is 0 Å². The van der Waals surface area contributed by atoms with Crippen LogP contribution in [0.4, 0.5) is 5.82 Å². The zero-order valence-corrected chi connectivity index (χ0v) is 12.9. The van der Waals surface area contributed by atoms with Gasteiger partial charge in [-0.3, -0.25) is 9.78 Å². The Morgan fingerprint density at radius 3 is 2.96 bits per heavy atom. The van der Waals surface area contributed by atoms with Crippen molar-refractivity contribution in [1.29, 1.82) is 0 Å². The first-order valence-corrected chi connectivity index (χ1v) is 7.51. The minimum Gasteiger partial charge on any atom is -0.396 e. The fourth-order valence-electron chi connectivity index (χ4n) is 2.81. The van der Waals surface area contributed by atoms with Gasteiger partial charge in [0.25, 0.3) is 5.91 Å². The molecule has 0 saturated carbocycles. The van der Waals surface area contributed by atoms with Gasteiger partial charge in [-0.2, -0.15) is 0 Å². The van der Waals surface area contributed by atoms with E-state index in [2.05, 4.69) is 20.3 Å². The zero-order valence-electron chi connectivity index (χ0n) is 12.9. The van der Waals surface area contributed by atoms with E-state index in [-0.39, 0.29) is 24.5 Å². The number of aromatic nitrogens is 3. The maximum absolute atomic E-state index is 12.4. The maximum Gasteiger partial charge on any atom is 0.253 e. The van der Waals surface area contributed by atoms with Crippen molar-refractivity contribution >= 4 is 11.7 Å². The molecular weight excluding hydrogens is 294 g/mol. The molecule has 0 aliphatic carbocycles. The van der Waals surface area contributed by atoms with Gasteiger partial charge < -0.3 is 15.3 Å². The molecule has 3 rings (SSSR count). The average molecular weight is 313 g/mol. The highest BCUT2D eigenvalue weighted by Crippen LogP contribution is 2.22. The quantitative estimate of drug-likeness (QED) is 0.849. The van der Waals surface area contributed by atoms with E-state index in [0.29, 0.717) is 18.7 Å². The summed E-state index contributed by atoms with van der Waals surface area (Å²) in [5.41, 5.74) is 1.47. The third-order valence-corrected chi connectivity index (χ3v) is 4.02. The Bertz CT molecular complexity index is 679. The topological polar surface area (TPSA) is 91.2 Å². The first kappa shape index (κ1) is 15.4. The number of carbonyl (C=O) groups excluding carboxylic acids is 1. The van der Waals surface area contributed by atoms with E-state index in [0.717, 1.165) is 11.4 Å². The second-order valence-electron chi connectivity index (χ2n) is 5.75. The molecule has 3 heterocycles. The highest BCUT2D eigenvalue weighted by molar-refractivity contribution is 5.94. The first-order valence-electron chi connectivity index (χ1n) is 7.51. The molecule has 2 aromatic rings. The third-order valence-electron chi connectivity index (χ3n) is 4.02. The molecule has 0 radical (unpaired) electrons. The van der Waals surface area contributed by atoms with E-state index >= 15 is 0 Å². The first-order chi connectivity index (χ1) is 11.2. The monoisotopic (exact) mass is 313 g/mol. The van der Waals surface area contributed by atoms with Crippen LogP contribution in [-0.2, 0) is 0 Å². The summed E-state index contributed by atoms with van der Waals surface area (Å²) < 4.78 is 0.